The molecule has 0 aliphatic rings. The van der Waals surface area contributed by atoms with Crippen LogP contribution in [0.4, 0.5) is 0 Å². The van der Waals surface area contributed by atoms with Gasteiger partial charge < -0.3 is 33.8 Å². The molecule has 0 aliphatic heterocycles. The molecule has 100 heavy (non-hydrogen) atoms. The van der Waals surface area contributed by atoms with E-state index in [4.69, 9.17) is 37.0 Å². The topological polar surface area (TPSA) is 237 Å². The third kappa shape index (κ3) is 74.3. The number of esters is 4. The molecule has 17 nitrogen and oxygen atoms in total. The van der Waals surface area contributed by atoms with Crippen LogP contribution in [0.3, 0.4) is 0 Å². The molecule has 0 heterocycles. The summed E-state index contributed by atoms with van der Waals surface area (Å²) >= 11 is 0. The van der Waals surface area contributed by atoms with Crippen molar-refractivity contribution < 1.29 is 80.2 Å². The van der Waals surface area contributed by atoms with Crippen molar-refractivity contribution in [3.63, 3.8) is 0 Å². The molecule has 0 spiro atoms. The molecule has 19 heteroatoms. The molecule has 0 saturated carbocycles. The first-order valence-corrected chi connectivity index (χ1v) is 44.8. The van der Waals surface area contributed by atoms with Gasteiger partial charge in [-0.15, -0.1) is 0 Å². The lowest BCUT2D eigenvalue weighted by Crippen LogP contribution is -2.30. The lowest BCUT2D eigenvalue weighted by molar-refractivity contribution is -0.161. The number of phosphoric acid groups is 2. The van der Waals surface area contributed by atoms with Crippen molar-refractivity contribution >= 4 is 39.5 Å². The van der Waals surface area contributed by atoms with E-state index in [1.54, 1.807) is 0 Å². The lowest BCUT2D eigenvalue weighted by atomic mass is 10.0. The largest absolute Gasteiger partial charge is 0.472 e. The van der Waals surface area contributed by atoms with E-state index in [1.807, 2.05) is 0 Å². The second-order valence-electron chi connectivity index (χ2n) is 30.6. The standard InChI is InChI=1S/C81H158O17P2/c1-8-9-10-11-12-13-14-19-26-34-41-48-55-62-78(83)91-69-77(98-81(86)65-58-51-44-37-30-29-33-40-47-54-61-74(6)7)71-96-100(89,90)94-67-75(82)66-93-99(87,88)95-70-76(97-80(85)64-57-50-43-36-28-23-18-16-21-25-32-39-46-53-60-73(4)5)68-92-79(84)63-56-49-42-35-27-22-17-15-20-24-31-38-45-52-59-72(2)3/h72-77,82H,8-71H2,1-7H3,(H,87,88)(H,89,90)/t75-,76-,77-/m1/s1. The number of aliphatic hydroxyl groups excluding tert-OH is 1. The molecule has 0 amide bonds. The fourth-order valence-corrected chi connectivity index (χ4v) is 14.1. The molecule has 0 saturated heterocycles. The van der Waals surface area contributed by atoms with E-state index < -0.39 is 97.5 Å². The van der Waals surface area contributed by atoms with Crippen molar-refractivity contribution in [1.82, 2.24) is 0 Å². The van der Waals surface area contributed by atoms with E-state index in [9.17, 15) is 43.2 Å². The number of hydrogen-bond donors (Lipinski definition) is 3. The summed E-state index contributed by atoms with van der Waals surface area (Å²) in [5.41, 5.74) is 0. The first kappa shape index (κ1) is 98.1. The van der Waals surface area contributed by atoms with Crippen LogP contribution < -0.4 is 0 Å². The Morgan fingerprint density at radius 3 is 0.680 bits per heavy atom. The molecule has 0 radical (unpaired) electrons. The van der Waals surface area contributed by atoms with Gasteiger partial charge in [0, 0.05) is 25.7 Å². The van der Waals surface area contributed by atoms with E-state index in [0.717, 1.165) is 108 Å². The highest BCUT2D eigenvalue weighted by Crippen LogP contribution is 2.45. The number of phosphoric ester groups is 2. The minimum Gasteiger partial charge on any atom is -0.462 e. The molecule has 5 atom stereocenters. The Morgan fingerprint density at radius 1 is 0.270 bits per heavy atom. The Balaban J connectivity index is 5.26. The quantitative estimate of drug-likeness (QED) is 0.0222. The maximum absolute atomic E-state index is 13.1. The van der Waals surface area contributed by atoms with Crippen molar-refractivity contribution in [2.45, 2.75) is 439 Å². The molecule has 3 N–H and O–H groups in total. The minimum atomic E-state index is -4.96. The molecule has 0 aromatic heterocycles. The van der Waals surface area contributed by atoms with Gasteiger partial charge in [0.25, 0.3) is 0 Å². The van der Waals surface area contributed by atoms with Crippen LogP contribution in [0.5, 0.6) is 0 Å². The van der Waals surface area contributed by atoms with Gasteiger partial charge in [-0.25, -0.2) is 9.13 Å². The van der Waals surface area contributed by atoms with Gasteiger partial charge in [-0.05, 0) is 43.4 Å². The number of carbonyl (C=O) groups is 4. The van der Waals surface area contributed by atoms with Gasteiger partial charge in [-0.2, -0.15) is 0 Å². The maximum atomic E-state index is 13.1. The summed E-state index contributed by atoms with van der Waals surface area (Å²) < 4.78 is 68.8. The Kier molecular flexibility index (Phi) is 69.9. The molecular formula is C81H158O17P2. The molecule has 0 fully saturated rings. The fourth-order valence-electron chi connectivity index (χ4n) is 12.5. The van der Waals surface area contributed by atoms with E-state index in [2.05, 4.69) is 48.5 Å². The zero-order chi connectivity index (χ0) is 73.7. The van der Waals surface area contributed by atoms with E-state index in [-0.39, 0.29) is 25.7 Å². The number of aliphatic hydroxyl groups is 1. The predicted molar refractivity (Wildman–Crippen MR) is 409 cm³/mol. The highest BCUT2D eigenvalue weighted by atomic mass is 31.2. The first-order valence-electron chi connectivity index (χ1n) is 41.8. The van der Waals surface area contributed by atoms with Gasteiger partial charge in [0.05, 0.1) is 26.4 Å². The van der Waals surface area contributed by atoms with E-state index in [0.29, 0.717) is 25.7 Å². The van der Waals surface area contributed by atoms with Gasteiger partial charge in [-0.3, -0.25) is 37.3 Å². The summed E-state index contributed by atoms with van der Waals surface area (Å²) in [6, 6.07) is 0. The number of unbranched alkanes of at least 4 members (excludes halogenated alkanes) is 47. The number of ether oxygens (including phenoxy) is 4. The Bertz CT molecular complexity index is 1940. The smallest absolute Gasteiger partial charge is 0.462 e. The van der Waals surface area contributed by atoms with Crippen LogP contribution in [0.2, 0.25) is 0 Å². The van der Waals surface area contributed by atoms with Crippen LogP contribution in [0, 0.1) is 17.8 Å². The van der Waals surface area contributed by atoms with E-state index >= 15 is 0 Å². The second-order valence-corrected chi connectivity index (χ2v) is 33.5. The zero-order valence-electron chi connectivity index (χ0n) is 65.7. The van der Waals surface area contributed by atoms with Crippen LogP contribution in [-0.4, -0.2) is 96.7 Å². The molecule has 0 aliphatic carbocycles. The van der Waals surface area contributed by atoms with Gasteiger partial charge in [0.15, 0.2) is 12.2 Å². The third-order valence-corrected chi connectivity index (χ3v) is 20.8. The Morgan fingerprint density at radius 2 is 0.460 bits per heavy atom. The molecule has 0 aromatic rings. The Labute approximate surface area is 613 Å². The second kappa shape index (κ2) is 71.3. The summed E-state index contributed by atoms with van der Waals surface area (Å²) in [7, 11) is -9.92. The number of rotatable bonds is 79. The first-order chi connectivity index (χ1) is 48.2. The van der Waals surface area contributed by atoms with Crippen LogP contribution in [0.15, 0.2) is 0 Å². The summed E-state index contributed by atoms with van der Waals surface area (Å²) in [4.78, 5) is 73.1. The third-order valence-electron chi connectivity index (χ3n) is 18.9. The molecule has 594 valence electrons. The molecule has 0 bridgehead atoms. The summed E-state index contributed by atoms with van der Waals surface area (Å²) in [6.07, 6.45) is 59.5. The maximum Gasteiger partial charge on any atom is 0.472 e. The van der Waals surface area contributed by atoms with Crippen LogP contribution in [-0.2, 0) is 65.4 Å². The number of carbonyl (C=O) groups excluding carboxylic acids is 4. The summed E-state index contributed by atoms with van der Waals surface area (Å²) in [5, 5.41) is 10.6. The molecule has 2 unspecified atom stereocenters. The fraction of sp³-hybridized carbons (Fsp3) is 0.951. The highest BCUT2D eigenvalue weighted by Gasteiger charge is 2.30. The molecular weight excluding hydrogens is 1310 g/mol. The van der Waals surface area contributed by atoms with Crippen LogP contribution in [0.25, 0.3) is 0 Å². The van der Waals surface area contributed by atoms with Crippen LogP contribution in [0.1, 0.15) is 421 Å². The zero-order valence-corrected chi connectivity index (χ0v) is 67.5. The average molecular weight is 1470 g/mol. The number of hydrogen-bond acceptors (Lipinski definition) is 15. The SMILES string of the molecule is CCCCCCCCCCCCCCCC(=O)OC[C@H](COP(=O)(O)OC[C@H](O)COP(=O)(O)OC[C@@H](COC(=O)CCCCCCCCCCCCCCCCC(C)C)OC(=O)CCCCCCCCCCCCCCCCC(C)C)OC(=O)CCCCCCCCCCCCC(C)C. The average Bonchev–Trinajstić information content (AvgIpc) is 0.931. The van der Waals surface area contributed by atoms with Gasteiger partial charge in [0.2, 0.25) is 0 Å². The van der Waals surface area contributed by atoms with E-state index in [1.165, 1.54) is 231 Å². The summed E-state index contributed by atoms with van der Waals surface area (Å²) in [6.45, 7) is 12.0. The monoisotopic (exact) mass is 1470 g/mol. The van der Waals surface area contributed by atoms with Gasteiger partial charge in [-0.1, -0.05) is 370 Å². The Hall–Kier alpha value is -1.94. The van der Waals surface area contributed by atoms with Crippen LogP contribution >= 0.6 is 15.6 Å². The minimum absolute atomic E-state index is 0.106. The molecule has 0 aromatic carbocycles. The highest BCUT2D eigenvalue weighted by molar-refractivity contribution is 7.47. The van der Waals surface area contributed by atoms with Crippen molar-refractivity contribution in [2.24, 2.45) is 17.8 Å². The van der Waals surface area contributed by atoms with Crippen molar-refractivity contribution in [2.75, 3.05) is 39.6 Å². The van der Waals surface area contributed by atoms with Gasteiger partial charge in [0.1, 0.15) is 19.3 Å². The van der Waals surface area contributed by atoms with Crippen molar-refractivity contribution in [3.8, 4) is 0 Å². The predicted octanol–water partition coefficient (Wildman–Crippen LogP) is 24.1. The molecule has 0 rings (SSSR count). The van der Waals surface area contributed by atoms with Crippen molar-refractivity contribution in [1.29, 1.82) is 0 Å². The normalized spacial score (nSPS) is 14.0. The summed E-state index contributed by atoms with van der Waals surface area (Å²) in [5.74, 6) is 0.237. The van der Waals surface area contributed by atoms with Gasteiger partial charge >= 0.3 is 39.5 Å². The van der Waals surface area contributed by atoms with Crippen molar-refractivity contribution in [3.05, 3.63) is 0 Å². The lowest BCUT2D eigenvalue weighted by Gasteiger charge is -2.21.